The van der Waals surface area contributed by atoms with Crippen molar-refractivity contribution in [1.29, 1.82) is 0 Å². The van der Waals surface area contributed by atoms with Crippen LogP contribution in [0, 0.1) is 0 Å². The molecule has 0 aliphatic heterocycles. The number of ether oxygens (including phenoxy) is 1. The van der Waals surface area contributed by atoms with Gasteiger partial charge in [-0.05, 0) is 31.2 Å². The van der Waals surface area contributed by atoms with E-state index in [4.69, 9.17) is 9.84 Å². The van der Waals surface area contributed by atoms with Gasteiger partial charge in [0.25, 0.3) is 0 Å². The molecule has 1 heterocycles. The van der Waals surface area contributed by atoms with Gasteiger partial charge in [0.05, 0.1) is 11.6 Å². The van der Waals surface area contributed by atoms with E-state index >= 15 is 0 Å². The summed E-state index contributed by atoms with van der Waals surface area (Å²) in [6.07, 6.45) is 1.31. The number of aromatic nitrogens is 1. The predicted molar refractivity (Wildman–Crippen MR) is 58.9 cm³/mol. The topological polar surface area (TPSA) is 42.4 Å². The normalized spacial score (nSPS) is 12.7. The first-order valence-electron chi connectivity index (χ1n) is 4.91. The van der Waals surface area contributed by atoms with E-state index in [9.17, 15) is 0 Å². The molecule has 2 rings (SSSR count). The van der Waals surface area contributed by atoms with Crippen molar-refractivity contribution in [3.63, 3.8) is 0 Å². The van der Waals surface area contributed by atoms with E-state index in [2.05, 4.69) is 4.98 Å². The van der Waals surface area contributed by atoms with Gasteiger partial charge in [-0.15, -0.1) is 0 Å². The minimum Gasteiger partial charge on any atom is -0.491 e. The van der Waals surface area contributed by atoms with E-state index < -0.39 is 6.10 Å². The zero-order valence-electron chi connectivity index (χ0n) is 8.55. The Morgan fingerprint density at radius 3 is 3.07 bits per heavy atom. The van der Waals surface area contributed by atoms with Crippen LogP contribution in [-0.2, 0) is 0 Å². The van der Waals surface area contributed by atoms with Crippen molar-refractivity contribution in [3.05, 3.63) is 36.5 Å². The fraction of sp³-hybridized carbons (Fsp3) is 0.250. The molecule has 0 aliphatic carbocycles. The van der Waals surface area contributed by atoms with Crippen LogP contribution < -0.4 is 4.74 Å². The first kappa shape index (κ1) is 9.93. The molecule has 2 aromatic rings. The summed E-state index contributed by atoms with van der Waals surface area (Å²) < 4.78 is 5.40. The molecule has 0 spiro atoms. The van der Waals surface area contributed by atoms with Crippen molar-refractivity contribution < 1.29 is 9.84 Å². The molecule has 1 unspecified atom stereocenters. The third-order valence-electron chi connectivity index (χ3n) is 2.07. The molecular weight excluding hydrogens is 190 g/mol. The second-order valence-corrected chi connectivity index (χ2v) is 3.52. The zero-order valence-corrected chi connectivity index (χ0v) is 8.55. The highest BCUT2D eigenvalue weighted by Crippen LogP contribution is 2.18. The van der Waals surface area contributed by atoms with Gasteiger partial charge in [-0.2, -0.15) is 0 Å². The van der Waals surface area contributed by atoms with Crippen molar-refractivity contribution in [1.82, 2.24) is 4.98 Å². The van der Waals surface area contributed by atoms with Crippen molar-refractivity contribution in [2.24, 2.45) is 0 Å². The van der Waals surface area contributed by atoms with Gasteiger partial charge in [0.2, 0.25) is 0 Å². The number of fused-ring (bicyclic) bond motifs is 1. The van der Waals surface area contributed by atoms with Crippen LogP contribution in [0.4, 0.5) is 0 Å². The summed E-state index contributed by atoms with van der Waals surface area (Å²) in [4.78, 5) is 4.21. The number of aliphatic hydroxyl groups is 1. The van der Waals surface area contributed by atoms with Gasteiger partial charge in [-0.1, -0.05) is 6.07 Å². The van der Waals surface area contributed by atoms with Crippen LogP contribution in [0.3, 0.4) is 0 Å². The van der Waals surface area contributed by atoms with Gasteiger partial charge in [0.1, 0.15) is 12.4 Å². The summed E-state index contributed by atoms with van der Waals surface area (Å²) >= 11 is 0. The van der Waals surface area contributed by atoms with Crippen LogP contribution in [0.15, 0.2) is 36.5 Å². The van der Waals surface area contributed by atoms with E-state index in [-0.39, 0.29) is 0 Å². The molecule has 15 heavy (non-hydrogen) atoms. The molecule has 0 saturated heterocycles. The summed E-state index contributed by atoms with van der Waals surface area (Å²) in [5.41, 5.74) is 0.946. The van der Waals surface area contributed by atoms with Crippen LogP contribution in [0.2, 0.25) is 0 Å². The lowest BCUT2D eigenvalue weighted by molar-refractivity contribution is 0.123. The average Bonchev–Trinajstić information content (AvgIpc) is 2.26. The summed E-state index contributed by atoms with van der Waals surface area (Å²) in [6.45, 7) is 2.01. The summed E-state index contributed by atoms with van der Waals surface area (Å²) in [6, 6.07) is 9.56. The average molecular weight is 203 g/mol. The number of benzene rings is 1. The summed E-state index contributed by atoms with van der Waals surface area (Å²) in [5.74, 6) is 0.761. The third kappa shape index (κ3) is 2.44. The zero-order chi connectivity index (χ0) is 10.7. The lowest BCUT2D eigenvalue weighted by Crippen LogP contribution is -2.12. The molecule has 3 heteroatoms. The first-order chi connectivity index (χ1) is 7.25. The molecule has 1 aromatic heterocycles. The largest absolute Gasteiger partial charge is 0.491 e. The number of rotatable bonds is 3. The maximum absolute atomic E-state index is 9.09. The molecule has 0 radical (unpaired) electrons. The molecule has 0 aliphatic rings. The number of pyridine rings is 1. The Hall–Kier alpha value is -1.61. The van der Waals surface area contributed by atoms with Gasteiger partial charge in [0, 0.05) is 11.6 Å². The Bertz CT molecular complexity index is 454. The van der Waals surface area contributed by atoms with Crippen LogP contribution in [-0.4, -0.2) is 22.8 Å². The number of aliphatic hydroxyl groups excluding tert-OH is 1. The lowest BCUT2D eigenvalue weighted by Gasteiger charge is -2.08. The van der Waals surface area contributed by atoms with E-state index in [1.54, 1.807) is 13.1 Å². The van der Waals surface area contributed by atoms with Crippen LogP contribution in [0.25, 0.3) is 10.9 Å². The second-order valence-electron chi connectivity index (χ2n) is 3.52. The van der Waals surface area contributed by atoms with Crippen LogP contribution in [0.1, 0.15) is 6.92 Å². The Morgan fingerprint density at radius 1 is 1.40 bits per heavy atom. The number of hydrogen-bond acceptors (Lipinski definition) is 3. The van der Waals surface area contributed by atoms with Gasteiger partial charge in [-0.25, -0.2) is 0 Å². The molecule has 0 saturated carbocycles. The molecular formula is C12H13NO2. The highest BCUT2D eigenvalue weighted by molar-refractivity contribution is 5.79. The SMILES string of the molecule is CC(O)COc1ccc2ncccc2c1. The molecule has 0 bridgehead atoms. The van der Waals surface area contributed by atoms with E-state index in [1.807, 2.05) is 30.3 Å². The highest BCUT2D eigenvalue weighted by Gasteiger charge is 1.99. The predicted octanol–water partition coefficient (Wildman–Crippen LogP) is 1.99. The molecule has 0 amide bonds. The van der Waals surface area contributed by atoms with Gasteiger partial charge >= 0.3 is 0 Å². The van der Waals surface area contributed by atoms with Crippen molar-refractivity contribution in [2.45, 2.75) is 13.0 Å². The third-order valence-corrected chi connectivity index (χ3v) is 2.07. The van der Waals surface area contributed by atoms with E-state index in [0.717, 1.165) is 16.7 Å². The maximum atomic E-state index is 9.09. The number of nitrogens with zero attached hydrogens (tertiary/aromatic N) is 1. The van der Waals surface area contributed by atoms with Gasteiger partial charge < -0.3 is 9.84 Å². The Kier molecular flexibility index (Phi) is 2.83. The van der Waals surface area contributed by atoms with Gasteiger partial charge in [0.15, 0.2) is 0 Å². The Labute approximate surface area is 88.3 Å². The lowest BCUT2D eigenvalue weighted by atomic mass is 10.2. The molecule has 1 N–H and O–H groups in total. The Morgan fingerprint density at radius 2 is 2.27 bits per heavy atom. The fourth-order valence-electron chi connectivity index (χ4n) is 1.36. The molecule has 78 valence electrons. The summed E-state index contributed by atoms with van der Waals surface area (Å²) in [5, 5.41) is 10.1. The highest BCUT2D eigenvalue weighted by atomic mass is 16.5. The van der Waals surface area contributed by atoms with E-state index in [0.29, 0.717) is 6.61 Å². The minimum absolute atomic E-state index is 0.311. The molecule has 1 atom stereocenters. The maximum Gasteiger partial charge on any atom is 0.120 e. The minimum atomic E-state index is -0.449. The fourth-order valence-corrected chi connectivity index (χ4v) is 1.36. The molecule has 0 fully saturated rings. The molecule has 1 aromatic carbocycles. The van der Waals surface area contributed by atoms with Crippen LogP contribution >= 0.6 is 0 Å². The monoisotopic (exact) mass is 203 g/mol. The standard InChI is InChI=1S/C12H13NO2/c1-9(14)8-15-11-4-5-12-10(7-11)3-2-6-13-12/h2-7,9,14H,8H2,1H3. The van der Waals surface area contributed by atoms with Gasteiger partial charge in [-0.3, -0.25) is 4.98 Å². The molecule has 3 nitrogen and oxygen atoms in total. The second kappa shape index (κ2) is 4.28. The Balaban J connectivity index is 2.23. The smallest absolute Gasteiger partial charge is 0.120 e. The summed E-state index contributed by atoms with van der Waals surface area (Å²) in [7, 11) is 0. The first-order valence-corrected chi connectivity index (χ1v) is 4.91. The van der Waals surface area contributed by atoms with Crippen LogP contribution in [0.5, 0.6) is 5.75 Å². The van der Waals surface area contributed by atoms with Crippen molar-refractivity contribution in [3.8, 4) is 5.75 Å². The number of hydrogen-bond donors (Lipinski definition) is 1. The van der Waals surface area contributed by atoms with Crippen molar-refractivity contribution >= 4 is 10.9 Å². The van der Waals surface area contributed by atoms with E-state index in [1.165, 1.54) is 0 Å². The van der Waals surface area contributed by atoms with Crippen molar-refractivity contribution in [2.75, 3.05) is 6.61 Å². The quantitative estimate of drug-likeness (QED) is 0.829.